The summed E-state index contributed by atoms with van der Waals surface area (Å²) in [6.07, 6.45) is 0. The molecule has 4 aromatic rings. The molecule has 0 atom stereocenters. The molecule has 3 aromatic carbocycles. The summed E-state index contributed by atoms with van der Waals surface area (Å²) in [5.41, 5.74) is 1.05. The lowest BCUT2D eigenvalue weighted by molar-refractivity contribution is -0.384. The highest BCUT2D eigenvalue weighted by atomic mass is 16.6. The van der Waals surface area contributed by atoms with Crippen LogP contribution in [-0.2, 0) is 11.3 Å². The molecule has 0 fully saturated rings. The van der Waals surface area contributed by atoms with E-state index in [-0.39, 0.29) is 23.7 Å². The van der Waals surface area contributed by atoms with E-state index in [1.807, 2.05) is 42.5 Å². The number of carbonyl (C=O) groups is 1. The van der Waals surface area contributed by atoms with Crippen LogP contribution in [0.1, 0.15) is 0 Å². The molecule has 1 amide bonds. The Hall–Kier alpha value is -4.53. The van der Waals surface area contributed by atoms with Gasteiger partial charge in [0.15, 0.2) is 0 Å². The zero-order valence-corrected chi connectivity index (χ0v) is 17.0. The standard InChI is InChI=1S/C23H18N4O5/c1-32-21-13-16(27(30)31)9-10-20(21)24-22(28)14-26-23(29)12-11-19(25-26)18-8-4-6-15-5-2-3-7-17(15)18/h2-13H,14H2,1H3,(H,24,28). The fourth-order valence-corrected chi connectivity index (χ4v) is 3.38. The third-order valence-electron chi connectivity index (χ3n) is 4.90. The highest BCUT2D eigenvalue weighted by Crippen LogP contribution is 2.29. The van der Waals surface area contributed by atoms with Crippen LogP contribution in [0.15, 0.2) is 77.6 Å². The van der Waals surface area contributed by atoms with Crippen molar-refractivity contribution in [1.82, 2.24) is 9.78 Å². The molecule has 1 N–H and O–H groups in total. The third-order valence-corrected chi connectivity index (χ3v) is 4.90. The van der Waals surface area contributed by atoms with Crippen molar-refractivity contribution in [2.45, 2.75) is 6.54 Å². The number of hydrogen-bond donors (Lipinski definition) is 1. The number of nitrogens with one attached hydrogen (secondary N) is 1. The molecule has 0 saturated heterocycles. The molecule has 0 bridgehead atoms. The van der Waals surface area contributed by atoms with Crippen molar-refractivity contribution in [2.24, 2.45) is 0 Å². The molecule has 1 heterocycles. The van der Waals surface area contributed by atoms with Crippen LogP contribution in [0, 0.1) is 10.1 Å². The van der Waals surface area contributed by atoms with Crippen LogP contribution in [0.5, 0.6) is 5.75 Å². The fraction of sp³-hybridized carbons (Fsp3) is 0.0870. The summed E-state index contributed by atoms with van der Waals surface area (Å²) in [5.74, 6) is -0.390. The van der Waals surface area contributed by atoms with Crippen LogP contribution in [0.3, 0.4) is 0 Å². The first-order chi connectivity index (χ1) is 15.5. The van der Waals surface area contributed by atoms with Gasteiger partial charge in [-0.25, -0.2) is 4.68 Å². The van der Waals surface area contributed by atoms with Crippen LogP contribution in [0.2, 0.25) is 0 Å². The number of amides is 1. The predicted octanol–water partition coefficient (Wildman–Crippen LogP) is 3.62. The van der Waals surface area contributed by atoms with Crippen molar-refractivity contribution in [3.8, 4) is 17.0 Å². The first-order valence-corrected chi connectivity index (χ1v) is 9.65. The maximum absolute atomic E-state index is 12.6. The Morgan fingerprint density at radius 3 is 2.66 bits per heavy atom. The Morgan fingerprint density at radius 1 is 1.09 bits per heavy atom. The number of ether oxygens (including phenoxy) is 1. The maximum Gasteiger partial charge on any atom is 0.273 e. The van der Waals surface area contributed by atoms with Gasteiger partial charge in [-0.15, -0.1) is 0 Å². The van der Waals surface area contributed by atoms with Gasteiger partial charge in [-0.05, 0) is 22.9 Å². The second-order valence-electron chi connectivity index (χ2n) is 6.93. The normalized spacial score (nSPS) is 10.7. The molecular weight excluding hydrogens is 412 g/mol. The van der Waals surface area contributed by atoms with Crippen molar-refractivity contribution in [3.63, 3.8) is 0 Å². The number of benzene rings is 3. The summed E-state index contributed by atoms with van der Waals surface area (Å²) < 4.78 is 6.20. The van der Waals surface area contributed by atoms with Gasteiger partial charge < -0.3 is 10.1 Å². The summed E-state index contributed by atoms with van der Waals surface area (Å²) >= 11 is 0. The minimum Gasteiger partial charge on any atom is -0.494 e. The highest BCUT2D eigenvalue weighted by molar-refractivity contribution is 5.96. The minimum atomic E-state index is -0.559. The number of rotatable bonds is 6. The van der Waals surface area contributed by atoms with Gasteiger partial charge in [0, 0.05) is 17.7 Å². The fourth-order valence-electron chi connectivity index (χ4n) is 3.38. The Labute approximate surface area is 182 Å². The maximum atomic E-state index is 12.6. The van der Waals surface area contributed by atoms with E-state index in [1.165, 1.54) is 31.4 Å². The molecule has 0 aliphatic rings. The molecule has 0 unspecified atom stereocenters. The van der Waals surface area contributed by atoms with Gasteiger partial charge in [-0.2, -0.15) is 5.10 Å². The smallest absolute Gasteiger partial charge is 0.273 e. The molecule has 160 valence electrons. The molecule has 0 saturated carbocycles. The quantitative estimate of drug-likeness (QED) is 0.369. The lowest BCUT2D eigenvalue weighted by atomic mass is 10.0. The van der Waals surface area contributed by atoms with E-state index in [4.69, 9.17) is 4.74 Å². The molecule has 0 spiro atoms. The largest absolute Gasteiger partial charge is 0.494 e. The molecule has 1 aromatic heterocycles. The summed E-state index contributed by atoms with van der Waals surface area (Å²) in [6.45, 7) is -0.336. The van der Waals surface area contributed by atoms with E-state index < -0.39 is 16.4 Å². The molecule has 32 heavy (non-hydrogen) atoms. The number of hydrogen-bond acceptors (Lipinski definition) is 6. The van der Waals surface area contributed by atoms with E-state index >= 15 is 0 Å². The predicted molar refractivity (Wildman–Crippen MR) is 120 cm³/mol. The number of nitro benzene ring substituents is 1. The van der Waals surface area contributed by atoms with Crippen molar-refractivity contribution in [1.29, 1.82) is 0 Å². The van der Waals surface area contributed by atoms with Crippen molar-refractivity contribution >= 4 is 28.1 Å². The lowest BCUT2D eigenvalue weighted by Crippen LogP contribution is -2.29. The number of methoxy groups -OCH3 is 1. The Balaban J connectivity index is 1.61. The second-order valence-corrected chi connectivity index (χ2v) is 6.93. The Kier molecular flexibility index (Phi) is 5.63. The van der Waals surface area contributed by atoms with Gasteiger partial charge in [0.25, 0.3) is 11.2 Å². The van der Waals surface area contributed by atoms with Crippen LogP contribution < -0.4 is 15.6 Å². The number of nitrogens with zero attached hydrogens (tertiary/aromatic N) is 3. The first kappa shape index (κ1) is 20.7. The number of non-ortho nitro benzene ring substituents is 1. The van der Waals surface area contributed by atoms with Gasteiger partial charge in [-0.3, -0.25) is 19.7 Å². The van der Waals surface area contributed by atoms with Crippen LogP contribution in [-0.4, -0.2) is 27.7 Å². The van der Waals surface area contributed by atoms with Gasteiger partial charge >= 0.3 is 0 Å². The zero-order chi connectivity index (χ0) is 22.7. The molecule has 4 rings (SSSR count). The number of anilines is 1. The molecule has 0 aliphatic carbocycles. The van der Waals surface area contributed by atoms with Crippen LogP contribution >= 0.6 is 0 Å². The molecule has 9 nitrogen and oxygen atoms in total. The molecule has 9 heteroatoms. The van der Waals surface area contributed by atoms with E-state index in [2.05, 4.69) is 10.4 Å². The van der Waals surface area contributed by atoms with E-state index in [1.54, 1.807) is 6.07 Å². The lowest BCUT2D eigenvalue weighted by Gasteiger charge is -2.11. The van der Waals surface area contributed by atoms with E-state index in [0.29, 0.717) is 5.69 Å². The summed E-state index contributed by atoms with van der Waals surface area (Å²) in [5, 5.41) is 19.9. The van der Waals surface area contributed by atoms with Crippen molar-refractivity contribution in [3.05, 3.63) is 93.3 Å². The van der Waals surface area contributed by atoms with Gasteiger partial charge in [0.1, 0.15) is 12.3 Å². The molecule has 0 aliphatic heterocycles. The average Bonchev–Trinajstić information content (AvgIpc) is 2.80. The summed E-state index contributed by atoms with van der Waals surface area (Å²) in [4.78, 5) is 35.3. The summed E-state index contributed by atoms with van der Waals surface area (Å²) in [7, 11) is 1.34. The van der Waals surface area contributed by atoms with E-state index in [0.717, 1.165) is 21.0 Å². The highest BCUT2D eigenvalue weighted by Gasteiger charge is 2.15. The topological polar surface area (TPSA) is 116 Å². The number of nitro groups is 1. The first-order valence-electron chi connectivity index (χ1n) is 9.65. The number of fused-ring (bicyclic) bond motifs is 1. The zero-order valence-electron chi connectivity index (χ0n) is 17.0. The van der Waals surface area contributed by atoms with Crippen LogP contribution in [0.4, 0.5) is 11.4 Å². The Bertz CT molecular complexity index is 1390. The average molecular weight is 430 g/mol. The van der Waals surface area contributed by atoms with Gasteiger partial charge in [0.2, 0.25) is 5.91 Å². The third kappa shape index (κ3) is 4.17. The van der Waals surface area contributed by atoms with Crippen LogP contribution in [0.25, 0.3) is 22.0 Å². The minimum absolute atomic E-state index is 0.136. The van der Waals surface area contributed by atoms with Crippen molar-refractivity contribution in [2.75, 3.05) is 12.4 Å². The van der Waals surface area contributed by atoms with Gasteiger partial charge in [0.05, 0.1) is 29.5 Å². The van der Waals surface area contributed by atoms with Crippen molar-refractivity contribution < 1.29 is 14.5 Å². The number of carbonyl (C=O) groups excluding carboxylic acids is 1. The molecular formula is C23H18N4O5. The van der Waals surface area contributed by atoms with E-state index in [9.17, 15) is 19.7 Å². The SMILES string of the molecule is COc1cc([N+](=O)[O-])ccc1NC(=O)Cn1nc(-c2cccc3ccccc23)ccc1=O. The number of aromatic nitrogens is 2. The monoisotopic (exact) mass is 430 g/mol. The Morgan fingerprint density at radius 2 is 1.88 bits per heavy atom. The summed E-state index contributed by atoms with van der Waals surface area (Å²) in [6, 6.07) is 20.4. The molecule has 0 radical (unpaired) electrons. The van der Waals surface area contributed by atoms with Gasteiger partial charge in [-0.1, -0.05) is 42.5 Å². The second kappa shape index (κ2) is 8.68.